The highest BCUT2D eigenvalue weighted by molar-refractivity contribution is 6.09. The summed E-state index contributed by atoms with van der Waals surface area (Å²) in [6, 6.07) is 15.9. The van der Waals surface area contributed by atoms with Gasteiger partial charge >= 0.3 is 11.9 Å². The molecule has 0 saturated carbocycles. The van der Waals surface area contributed by atoms with E-state index >= 15 is 0 Å². The van der Waals surface area contributed by atoms with E-state index in [2.05, 4.69) is 4.98 Å². The molecule has 0 amide bonds. The summed E-state index contributed by atoms with van der Waals surface area (Å²) in [5.41, 5.74) is 2.04. The summed E-state index contributed by atoms with van der Waals surface area (Å²) in [7, 11) is 1.55. The molecule has 0 unspecified atom stereocenters. The number of hydrogen-bond acceptors (Lipinski definition) is 4. The molecule has 138 valence electrons. The van der Waals surface area contributed by atoms with E-state index < -0.39 is 11.9 Å². The molecule has 0 fully saturated rings. The first-order chi connectivity index (χ1) is 13.1. The predicted octanol–water partition coefficient (Wildman–Crippen LogP) is 4.23. The number of aromatic carboxylic acids is 1. The fourth-order valence-electron chi connectivity index (χ4n) is 2.94. The van der Waals surface area contributed by atoms with Crippen molar-refractivity contribution in [1.29, 1.82) is 0 Å². The summed E-state index contributed by atoms with van der Waals surface area (Å²) in [6.07, 6.45) is 0. The van der Waals surface area contributed by atoms with Gasteiger partial charge in [0.15, 0.2) is 0 Å². The van der Waals surface area contributed by atoms with Crippen LogP contribution in [0.3, 0.4) is 0 Å². The van der Waals surface area contributed by atoms with Crippen molar-refractivity contribution in [2.45, 2.75) is 6.92 Å². The molecule has 3 rings (SSSR count). The second-order valence-corrected chi connectivity index (χ2v) is 5.75. The lowest BCUT2D eigenvalue weighted by atomic mass is 9.98. The Bertz CT molecular complexity index is 958. The minimum absolute atomic E-state index is 0.0226. The average Bonchev–Trinajstić information content (AvgIpc) is 3.10. The average molecular weight is 365 g/mol. The van der Waals surface area contributed by atoms with Crippen molar-refractivity contribution in [3.63, 3.8) is 0 Å². The molecule has 0 spiro atoms. The van der Waals surface area contributed by atoms with Gasteiger partial charge in [-0.3, -0.25) is 0 Å². The number of esters is 1. The molecule has 1 heterocycles. The molecule has 2 aromatic carbocycles. The molecule has 0 radical (unpaired) electrons. The summed E-state index contributed by atoms with van der Waals surface area (Å²) in [6.45, 7) is 1.89. The number of hydrogen-bond donors (Lipinski definition) is 2. The highest BCUT2D eigenvalue weighted by Crippen LogP contribution is 2.36. The van der Waals surface area contributed by atoms with E-state index in [1.807, 2.05) is 6.07 Å². The number of benzene rings is 2. The van der Waals surface area contributed by atoms with Crippen LogP contribution in [0.5, 0.6) is 5.75 Å². The van der Waals surface area contributed by atoms with Gasteiger partial charge in [-0.15, -0.1) is 0 Å². The molecule has 0 atom stereocenters. The minimum Gasteiger partial charge on any atom is -0.497 e. The van der Waals surface area contributed by atoms with E-state index in [0.29, 0.717) is 28.1 Å². The number of aromatic nitrogens is 1. The maximum absolute atomic E-state index is 12.5. The second-order valence-electron chi connectivity index (χ2n) is 5.75. The first kappa shape index (κ1) is 18.3. The van der Waals surface area contributed by atoms with Gasteiger partial charge in [0.05, 0.1) is 25.0 Å². The van der Waals surface area contributed by atoms with E-state index in [9.17, 15) is 14.7 Å². The van der Waals surface area contributed by atoms with Crippen molar-refractivity contribution < 1.29 is 24.2 Å². The van der Waals surface area contributed by atoms with E-state index in [0.717, 1.165) is 0 Å². The molecular weight excluding hydrogens is 346 g/mol. The van der Waals surface area contributed by atoms with E-state index in [-0.39, 0.29) is 17.9 Å². The number of aromatic amines is 1. The van der Waals surface area contributed by atoms with Crippen LogP contribution in [0.4, 0.5) is 0 Å². The molecule has 0 aliphatic heterocycles. The van der Waals surface area contributed by atoms with Crippen molar-refractivity contribution in [2.24, 2.45) is 0 Å². The number of carbonyl (C=O) groups excluding carboxylic acids is 1. The predicted molar refractivity (Wildman–Crippen MR) is 101 cm³/mol. The monoisotopic (exact) mass is 365 g/mol. The Labute approximate surface area is 156 Å². The molecule has 0 saturated heterocycles. The molecule has 0 aliphatic rings. The van der Waals surface area contributed by atoms with Crippen molar-refractivity contribution in [3.05, 3.63) is 65.9 Å². The Hall–Kier alpha value is -3.54. The maximum Gasteiger partial charge on any atom is 0.355 e. The van der Waals surface area contributed by atoms with Crippen LogP contribution in [-0.4, -0.2) is 35.7 Å². The lowest BCUT2D eigenvalue weighted by Crippen LogP contribution is -2.07. The number of methoxy groups -OCH3 is 1. The Morgan fingerprint density at radius 3 is 2.22 bits per heavy atom. The van der Waals surface area contributed by atoms with Crippen LogP contribution in [-0.2, 0) is 4.74 Å². The SMILES string of the molecule is CCOC(=O)c1[nH]c(-c2ccc(OC)cc2)c(C(=O)O)c1-c1ccccc1. The third-order valence-electron chi connectivity index (χ3n) is 4.13. The van der Waals surface area contributed by atoms with Gasteiger partial charge in [-0.2, -0.15) is 0 Å². The van der Waals surface area contributed by atoms with Gasteiger partial charge in [0.2, 0.25) is 0 Å². The molecule has 6 heteroatoms. The number of ether oxygens (including phenoxy) is 2. The molecular formula is C21H19NO5. The van der Waals surface area contributed by atoms with Crippen LogP contribution in [0.1, 0.15) is 27.8 Å². The van der Waals surface area contributed by atoms with Gasteiger partial charge in [0, 0.05) is 5.56 Å². The van der Waals surface area contributed by atoms with Crippen LogP contribution in [0.2, 0.25) is 0 Å². The Kier molecular flexibility index (Phi) is 5.26. The summed E-state index contributed by atoms with van der Waals surface area (Å²) in [4.78, 5) is 27.6. The lowest BCUT2D eigenvalue weighted by molar-refractivity contribution is 0.0521. The maximum atomic E-state index is 12.5. The zero-order valence-corrected chi connectivity index (χ0v) is 15.0. The van der Waals surface area contributed by atoms with Crippen LogP contribution in [0, 0.1) is 0 Å². The largest absolute Gasteiger partial charge is 0.497 e. The minimum atomic E-state index is -1.13. The fraction of sp³-hybridized carbons (Fsp3) is 0.143. The molecule has 2 N–H and O–H groups in total. The van der Waals surface area contributed by atoms with Gasteiger partial charge in [-0.05, 0) is 42.3 Å². The molecule has 0 aliphatic carbocycles. The standard InChI is InChI=1S/C21H19NO5/c1-3-27-21(25)19-16(13-7-5-4-6-8-13)17(20(23)24)18(22-19)14-9-11-15(26-2)12-10-14/h4-12,22H,3H2,1-2H3,(H,23,24). The molecule has 3 aromatic rings. The Morgan fingerprint density at radius 2 is 1.67 bits per heavy atom. The van der Waals surface area contributed by atoms with Crippen LogP contribution in [0.25, 0.3) is 22.4 Å². The zero-order chi connectivity index (χ0) is 19.4. The quantitative estimate of drug-likeness (QED) is 0.638. The first-order valence-electron chi connectivity index (χ1n) is 8.43. The lowest BCUT2D eigenvalue weighted by Gasteiger charge is -2.06. The summed E-state index contributed by atoms with van der Waals surface area (Å²) in [5, 5.41) is 9.90. The van der Waals surface area contributed by atoms with Gasteiger partial charge in [0.25, 0.3) is 0 Å². The topological polar surface area (TPSA) is 88.6 Å². The number of carboxylic acids is 1. The third-order valence-corrected chi connectivity index (χ3v) is 4.13. The van der Waals surface area contributed by atoms with Gasteiger partial charge < -0.3 is 19.6 Å². The van der Waals surface area contributed by atoms with Gasteiger partial charge in [-0.25, -0.2) is 9.59 Å². The second kappa shape index (κ2) is 7.78. The zero-order valence-electron chi connectivity index (χ0n) is 15.0. The van der Waals surface area contributed by atoms with E-state index in [1.165, 1.54) is 0 Å². The molecule has 27 heavy (non-hydrogen) atoms. The smallest absolute Gasteiger partial charge is 0.355 e. The first-order valence-corrected chi connectivity index (χ1v) is 8.43. The number of rotatable bonds is 6. The van der Waals surface area contributed by atoms with Gasteiger partial charge in [-0.1, -0.05) is 30.3 Å². The Morgan fingerprint density at radius 1 is 1.00 bits per heavy atom. The van der Waals surface area contributed by atoms with Crippen LogP contribution < -0.4 is 4.74 Å². The van der Waals surface area contributed by atoms with Crippen LogP contribution in [0.15, 0.2) is 54.6 Å². The fourth-order valence-corrected chi connectivity index (χ4v) is 2.94. The van der Waals surface area contributed by atoms with Crippen molar-refractivity contribution in [2.75, 3.05) is 13.7 Å². The van der Waals surface area contributed by atoms with E-state index in [4.69, 9.17) is 9.47 Å². The summed E-state index contributed by atoms with van der Waals surface area (Å²) >= 11 is 0. The molecule has 1 aromatic heterocycles. The third kappa shape index (κ3) is 3.55. The number of H-pyrrole nitrogens is 1. The van der Waals surface area contributed by atoms with Crippen LogP contribution >= 0.6 is 0 Å². The number of carbonyl (C=O) groups is 2. The summed E-state index contributed by atoms with van der Waals surface area (Å²) < 4.78 is 10.3. The molecule has 0 bridgehead atoms. The normalized spacial score (nSPS) is 10.4. The van der Waals surface area contributed by atoms with Crippen molar-refractivity contribution >= 4 is 11.9 Å². The summed E-state index contributed by atoms with van der Waals surface area (Å²) in [5.74, 6) is -1.08. The molecule has 6 nitrogen and oxygen atoms in total. The number of carboxylic acid groups (broad SMARTS) is 1. The Balaban J connectivity index is 2.27. The highest BCUT2D eigenvalue weighted by Gasteiger charge is 2.28. The van der Waals surface area contributed by atoms with Gasteiger partial charge in [0.1, 0.15) is 11.4 Å². The van der Waals surface area contributed by atoms with Crippen molar-refractivity contribution in [1.82, 2.24) is 4.98 Å². The number of nitrogens with one attached hydrogen (secondary N) is 1. The van der Waals surface area contributed by atoms with Crippen molar-refractivity contribution in [3.8, 4) is 28.1 Å². The highest BCUT2D eigenvalue weighted by atomic mass is 16.5. The van der Waals surface area contributed by atoms with E-state index in [1.54, 1.807) is 62.6 Å².